The molecule has 2 heteroatoms. The molecule has 9 aromatic carbocycles. The van der Waals surface area contributed by atoms with Gasteiger partial charge in [0.25, 0.3) is 0 Å². The van der Waals surface area contributed by atoms with Gasteiger partial charge in [-0.1, -0.05) is 187 Å². The van der Waals surface area contributed by atoms with Gasteiger partial charge in [-0.2, -0.15) is 0 Å². The second-order valence-electron chi connectivity index (χ2n) is 14.9. The van der Waals surface area contributed by atoms with E-state index in [9.17, 15) is 0 Å². The van der Waals surface area contributed by atoms with Crippen molar-refractivity contribution in [3.05, 3.63) is 253 Å². The van der Waals surface area contributed by atoms with E-state index in [0.29, 0.717) is 0 Å². The monoisotopic (exact) mass is 760 g/mol. The van der Waals surface area contributed by atoms with Crippen molar-refractivity contribution in [2.75, 3.05) is 4.90 Å². The van der Waals surface area contributed by atoms with Crippen molar-refractivity contribution in [1.29, 1.82) is 0 Å². The number of rotatable bonds is 6. The fourth-order valence-electron chi connectivity index (χ4n) is 7.44. The molecular weight excluding hydrogens is 713 g/mol. The maximum Gasteiger partial charge on any atom is 0.0541 e. The third-order valence-electron chi connectivity index (χ3n) is 10.5. The number of aromatic nitrogens is 1. The number of para-hydroxylation sites is 4. The Morgan fingerprint density at radius 1 is 0.288 bits per heavy atom. The van der Waals surface area contributed by atoms with Crippen LogP contribution >= 0.6 is 0 Å². The molecule has 1 aromatic heterocycles. The highest BCUT2D eigenvalue weighted by Gasteiger charge is 2.12. The molecule has 0 aliphatic heterocycles. The summed E-state index contributed by atoms with van der Waals surface area (Å²) in [5.41, 5.74) is 16.2. The highest BCUT2D eigenvalue weighted by Crippen LogP contribution is 2.34. The summed E-state index contributed by atoms with van der Waals surface area (Å²) in [6.07, 6.45) is 0. The third-order valence-corrected chi connectivity index (χ3v) is 10.5. The summed E-state index contributed by atoms with van der Waals surface area (Å²) in [7, 11) is 0. The fraction of sp³-hybridized carbons (Fsp3) is 0.0526. The van der Waals surface area contributed by atoms with Crippen LogP contribution in [-0.2, 0) is 0 Å². The quantitative estimate of drug-likeness (QED) is 0.164. The molecule has 0 spiro atoms. The molecule has 0 aliphatic carbocycles. The zero-order valence-electron chi connectivity index (χ0n) is 33.9. The Balaban J connectivity index is 0.000000123. The van der Waals surface area contributed by atoms with Crippen molar-refractivity contribution in [1.82, 2.24) is 4.57 Å². The number of fused-ring (bicyclic) bond motifs is 3. The highest BCUT2D eigenvalue weighted by molar-refractivity contribution is 6.09. The SMILES string of the molecule is Cc1ccc(-c2cccc(-c3ccccc3)c2)cc1.Cc1ccc(-n2c3ccccc3c3ccccc32)cc1.Cc1ccc(N(c2ccccc2)c2ccccc2)cc1. The first-order chi connectivity index (χ1) is 29.0. The van der Waals surface area contributed by atoms with Gasteiger partial charge in [-0.05, 0) is 110 Å². The summed E-state index contributed by atoms with van der Waals surface area (Å²) >= 11 is 0. The van der Waals surface area contributed by atoms with Gasteiger partial charge >= 0.3 is 0 Å². The maximum atomic E-state index is 2.34. The summed E-state index contributed by atoms with van der Waals surface area (Å²) in [6.45, 7) is 6.35. The molecule has 0 aliphatic rings. The molecule has 0 unspecified atom stereocenters. The molecule has 10 aromatic rings. The first-order valence-electron chi connectivity index (χ1n) is 20.3. The molecule has 0 saturated heterocycles. The van der Waals surface area contributed by atoms with E-state index in [1.54, 1.807) is 0 Å². The van der Waals surface area contributed by atoms with E-state index < -0.39 is 0 Å². The number of hydrogen-bond acceptors (Lipinski definition) is 1. The summed E-state index contributed by atoms with van der Waals surface area (Å²) in [6, 6.07) is 83.3. The Morgan fingerprint density at radius 2 is 0.644 bits per heavy atom. The molecule has 0 radical (unpaired) electrons. The lowest BCUT2D eigenvalue weighted by molar-refractivity contribution is 1.17. The minimum atomic E-state index is 1.17. The van der Waals surface area contributed by atoms with Gasteiger partial charge in [0.2, 0.25) is 0 Å². The molecule has 0 atom stereocenters. The van der Waals surface area contributed by atoms with Gasteiger partial charge in [-0.25, -0.2) is 0 Å². The minimum absolute atomic E-state index is 1.17. The van der Waals surface area contributed by atoms with Gasteiger partial charge in [0.1, 0.15) is 0 Å². The number of hydrogen-bond donors (Lipinski definition) is 0. The molecule has 2 nitrogen and oxygen atoms in total. The number of benzene rings is 9. The van der Waals surface area contributed by atoms with Gasteiger partial charge < -0.3 is 9.47 Å². The summed E-state index contributed by atoms with van der Waals surface area (Å²) in [4.78, 5) is 2.26. The molecule has 1 heterocycles. The Labute approximate surface area is 348 Å². The van der Waals surface area contributed by atoms with Crippen LogP contribution in [0.5, 0.6) is 0 Å². The van der Waals surface area contributed by atoms with E-state index >= 15 is 0 Å². The van der Waals surface area contributed by atoms with E-state index in [0.717, 1.165) is 0 Å². The fourth-order valence-corrected chi connectivity index (χ4v) is 7.44. The van der Waals surface area contributed by atoms with E-state index in [1.165, 1.54) is 83.5 Å². The van der Waals surface area contributed by atoms with Gasteiger partial charge in [-0.3, -0.25) is 0 Å². The first-order valence-corrected chi connectivity index (χ1v) is 20.3. The Hall–Kier alpha value is -7.42. The zero-order chi connectivity index (χ0) is 40.4. The average Bonchev–Trinajstić information content (AvgIpc) is 3.64. The number of anilines is 3. The molecule has 0 amide bonds. The van der Waals surface area contributed by atoms with Crippen LogP contribution in [0.25, 0.3) is 49.7 Å². The van der Waals surface area contributed by atoms with Crippen LogP contribution in [0.1, 0.15) is 16.7 Å². The second-order valence-corrected chi connectivity index (χ2v) is 14.9. The van der Waals surface area contributed by atoms with Crippen LogP contribution < -0.4 is 4.90 Å². The average molecular weight is 761 g/mol. The van der Waals surface area contributed by atoms with Crippen LogP contribution in [0.3, 0.4) is 0 Å². The molecule has 0 saturated carbocycles. The zero-order valence-corrected chi connectivity index (χ0v) is 33.9. The third kappa shape index (κ3) is 9.09. The maximum absolute atomic E-state index is 2.34. The molecule has 0 bridgehead atoms. The van der Waals surface area contributed by atoms with Crippen molar-refractivity contribution in [2.24, 2.45) is 0 Å². The van der Waals surface area contributed by atoms with E-state index in [-0.39, 0.29) is 0 Å². The van der Waals surface area contributed by atoms with Crippen LogP contribution in [0, 0.1) is 20.8 Å². The highest BCUT2D eigenvalue weighted by atomic mass is 15.1. The van der Waals surface area contributed by atoms with Crippen LogP contribution in [-0.4, -0.2) is 4.57 Å². The second kappa shape index (κ2) is 18.2. The Bertz CT molecular complexity index is 2760. The van der Waals surface area contributed by atoms with Crippen molar-refractivity contribution in [2.45, 2.75) is 20.8 Å². The predicted molar refractivity (Wildman–Crippen MR) is 253 cm³/mol. The molecule has 59 heavy (non-hydrogen) atoms. The molecule has 0 N–H and O–H groups in total. The normalized spacial score (nSPS) is 10.6. The number of nitrogens with zero attached hydrogens (tertiary/aromatic N) is 2. The van der Waals surface area contributed by atoms with Gasteiger partial charge in [0.15, 0.2) is 0 Å². The Kier molecular flexibility index (Phi) is 11.9. The van der Waals surface area contributed by atoms with Gasteiger partial charge in [0, 0.05) is 33.5 Å². The van der Waals surface area contributed by atoms with Gasteiger partial charge in [0.05, 0.1) is 11.0 Å². The lowest BCUT2D eigenvalue weighted by atomic mass is 9.99. The summed E-state index contributed by atoms with van der Waals surface area (Å²) < 4.78 is 2.34. The predicted octanol–water partition coefficient (Wildman–Crippen LogP) is 15.9. The van der Waals surface area contributed by atoms with E-state index in [4.69, 9.17) is 0 Å². The summed E-state index contributed by atoms with van der Waals surface area (Å²) in [5.74, 6) is 0. The molecule has 0 fully saturated rings. The van der Waals surface area contributed by atoms with Gasteiger partial charge in [-0.15, -0.1) is 0 Å². The lowest BCUT2D eigenvalue weighted by Gasteiger charge is -2.25. The van der Waals surface area contributed by atoms with E-state index in [2.05, 4.69) is 249 Å². The van der Waals surface area contributed by atoms with Crippen LogP contribution in [0.4, 0.5) is 17.1 Å². The molecule has 10 rings (SSSR count). The first kappa shape index (κ1) is 38.5. The standard InChI is InChI=1S/C19H15N.C19H17N.C19H16/c1-14-10-12-15(13-11-14)20-18-8-4-2-6-16(18)17-7-3-5-9-19(17)20;1-16-12-14-19(15-13-16)20(17-8-4-2-5-9-17)18-10-6-3-7-11-18;1-15-10-12-17(13-11-15)19-9-5-8-18(14-19)16-6-3-2-4-7-16/h2-13H,1H3;2-15H,1H3;2-14H,1H3. The van der Waals surface area contributed by atoms with Crippen molar-refractivity contribution >= 4 is 38.9 Å². The minimum Gasteiger partial charge on any atom is -0.311 e. The largest absolute Gasteiger partial charge is 0.311 e. The Morgan fingerprint density at radius 3 is 1.14 bits per heavy atom. The topological polar surface area (TPSA) is 8.17 Å². The van der Waals surface area contributed by atoms with E-state index in [1.807, 2.05) is 18.2 Å². The van der Waals surface area contributed by atoms with Crippen molar-refractivity contribution < 1.29 is 0 Å². The van der Waals surface area contributed by atoms with Crippen LogP contribution in [0.2, 0.25) is 0 Å². The number of aryl methyl sites for hydroxylation is 3. The van der Waals surface area contributed by atoms with Crippen molar-refractivity contribution in [3.8, 4) is 27.9 Å². The lowest BCUT2D eigenvalue weighted by Crippen LogP contribution is -2.09. The molecule has 286 valence electrons. The van der Waals surface area contributed by atoms with Crippen LogP contribution in [0.15, 0.2) is 237 Å². The molecular formula is C57H48N2. The van der Waals surface area contributed by atoms with Crippen molar-refractivity contribution in [3.63, 3.8) is 0 Å². The smallest absolute Gasteiger partial charge is 0.0541 e. The summed E-state index contributed by atoms with van der Waals surface area (Å²) in [5, 5.41) is 2.62.